The minimum atomic E-state index is -0.372. The van der Waals surface area contributed by atoms with Gasteiger partial charge in [0.05, 0.1) is 39.3 Å². The van der Waals surface area contributed by atoms with E-state index in [1.165, 1.54) is 12.2 Å². The number of hydrogen-bond donors (Lipinski definition) is 0. The average Bonchev–Trinajstić information content (AvgIpc) is 3.00. The molecule has 0 atom stereocenters. The molecular formula is C32H54N2O8. The number of unbranched alkanes of at least 4 members (excludes halogenated alkanes) is 10. The van der Waals surface area contributed by atoms with Crippen molar-refractivity contribution in [1.29, 1.82) is 0 Å². The van der Waals surface area contributed by atoms with E-state index in [0.717, 1.165) is 103 Å². The van der Waals surface area contributed by atoms with Crippen molar-refractivity contribution in [3.8, 4) is 0 Å². The van der Waals surface area contributed by atoms with Gasteiger partial charge in [0.25, 0.3) is 0 Å². The zero-order valence-electron chi connectivity index (χ0n) is 25.7. The van der Waals surface area contributed by atoms with Crippen molar-refractivity contribution in [3.63, 3.8) is 0 Å². The summed E-state index contributed by atoms with van der Waals surface area (Å²) in [5.74, 6) is -1.03. The number of carbonyl (C=O) groups excluding carboxylic acids is 4. The molecule has 1 heterocycles. The second-order valence-corrected chi connectivity index (χ2v) is 10.6. The molecule has 42 heavy (non-hydrogen) atoms. The summed E-state index contributed by atoms with van der Waals surface area (Å²) in [4.78, 5) is 50.6. The zero-order chi connectivity index (χ0) is 30.7. The molecule has 0 radical (unpaired) electrons. The van der Waals surface area contributed by atoms with Crippen LogP contribution in [-0.2, 0) is 38.1 Å². The molecule has 0 aromatic carbocycles. The molecule has 1 saturated heterocycles. The molecule has 0 aromatic rings. The normalized spacial score (nSPS) is 13.7. The number of hydrogen-bond acceptors (Lipinski definition) is 10. The molecule has 240 valence electrons. The quantitative estimate of drug-likeness (QED) is 0.0609. The minimum absolute atomic E-state index is 0.143. The fourth-order valence-corrected chi connectivity index (χ4v) is 4.54. The maximum absolute atomic E-state index is 12.1. The highest BCUT2D eigenvalue weighted by Crippen LogP contribution is 2.09. The van der Waals surface area contributed by atoms with Gasteiger partial charge in [0.15, 0.2) is 0 Å². The van der Waals surface area contributed by atoms with Gasteiger partial charge in [-0.05, 0) is 25.7 Å². The number of piperazine rings is 1. The molecule has 1 rings (SSSR count). The van der Waals surface area contributed by atoms with Crippen LogP contribution in [0.25, 0.3) is 0 Å². The Hall–Kier alpha value is -2.72. The zero-order valence-corrected chi connectivity index (χ0v) is 25.7. The first-order valence-corrected chi connectivity index (χ1v) is 15.8. The number of esters is 4. The second-order valence-electron chi connectivity index (χ2n) is 10.6. The van der Waals surface area contributed by atoms with Gasteiger partial charge >= 0.3 is 23.9 Å². The van der Waals surface area contributed by atoms with Crippen LogP contribution in [0.5, 0.6) is 0 Å². The standard InChI is InChI=1S/C32H54N2O8/c1-3-29(35)39-25-13-9-5-7-11-15-27-41-31(37)17-19-33-21-23-34(24-22-33)20-18-32(38)42-28-16-12-8-6-10-14-26-40-30(36)4-2/h3-4H,1-2,5-28H2. The Balaban J connectivity index is 1.89. The molecule has 1 aliphatic rings. The summed E-state index contributed by atoms with van der Waals surface area (Å²) in [6.07, 6.45) is 15.0. The Morgan fingerprint density at radius 3 is 1.07 bits per heavy atom. The summed E-state index contributed by atoms with van der Waals surface area (Å²) in [6.45, 7) is 13.5. The van der Waals surface area contributed by atoms with Crippen LogP contribution in [0.3, 0.4) is 0 Å². The Labute approximate surface area is 252 Å². The molecule has 0 spiro atoms. The molecule has 0 aromatic heterocycles. The number of rotatable bonds is 26. The van der Waals surface area contributed by atoms with E-state index in [2.05, 4.69) is 23.0 Å². The molecule has 10 nitrogen and oxygen atoms in total. The Kier molecular flexibility index (Phi) is 23.0. The predicted octanol–water partition coefficient (Wildman–Crippen LogP) is 4.61. The van der Waals surface area contributed by atoms with E-state index < -0.39 is 0 Å². The van der Waals surface area contributed by atoms with Crippen LogP contribution in [0.15, 0.2) is 25.3 Å². The highest BCUT2D eigenvalue weighted by atomic mass is 16.5. The van der Waals surface area contributed by atoms with Crippen molar-refractivity contribution in [3.05, 3.63) is 25.3 Å². The van der Waals surface area contributed by atoms with Crippen molar-refractivity contribution < 1.29 is 38.1 Å². The summed E-state index contributed by atoms with van der Waals surface area (Å²) in [5.41, 5.74) is 0. The maximum atomic E-state index is 12.1. The topological polar surface area (TPSA) is 112 Å². The molecule has 1 aliphatic heterocycles. The van der Waals surface area contributed by atoms with Gasteiger partial charge in [0, 0.05) is 51.4 Å². The SMILES string of the molecule is C=CC(=O)OCCCCCCCCOC(=O)CCN1CCN(CCC(=O)OCCCCCCCCOC(=O)C=C)CC1. The van der Waals surface area contributed by atoms with E-state index in [1.807, 2.05) is 0 Å². The summed E-state index contributed by atoms with van der Waals surface area (Å²) in [6, 6.07) is 0. The van der Waals surface area contributed by atoms with Crippen LogP contribution in [0, 0.1) is 0 Å². The third-order valence-corrected chi connectivity index (χ3v) is 7.15. The fraction of sp³-hybridized carbons (Fsp3) is 0.750. The van der Waals surface area contributed by atoms with E-state index >= 15 is 0 Å². The monoisotopic (exact) mass is 594 g/mol. The van der Waals surface area contributed by atoms with Crippen LogP contribution in [0.4, 0.5) is 0 Å². The van der Waals surface area contributed by atoms with E-state index in [-0.39, 0.29) is 23.9 Å². The van der Waals surface area contributed by atoms with Gasteiger partial charge in [-0.25, -0.2) is 9.59 Å². The predicted molar refractivity (Wildman–Crippen MR) is 162 cm³/mol. The van der Waals surface area contributed by atoms with Crippen LogP contribution in [0.1, 0.15) is 89.9 Å². The van der Waals surface area contributed by atoms with Crippen molar-refractivity contribution in [2.75, 3.05) is 65.7 Å². The Bertz CT molecular complexity index is 716. The molecule has 0 aliphatic carbocycles. The van der Waals surface area contributed by atoms with Gasteiger partial charge in [-0.2, -0.15) is 0 Å². The first kappa shape index (κ1) is 37.3. The van der Waals surface area contributed by atoms with Crippen LogP contribution in [0.2, 0.25) is 0 Å². The molecule has 0 unspecified atom stereocenters. The number of nitrogens with zero attached hydrogens (tertiary/aromatic N) is 2. The van der Waals surface area contributed by atoms with Crippen molar-refractivity contribution in [1.82, 2.24) is 9.80 Å². The molecule has 1 fully saturated rings. The minimum Gasteiger partial charge on any atom is -0.466 e. The van der Waals surface area contributed by atoms with E-state index in [0.29, 0.717) is 52.4 Å². The third kappa shape index (κ3) is 22.0. The molecule has 0 amide bonds. The van der Waals surface area contributed by atoms with Crippen LogP contribution in [-0.4, -0.2) is 99.4 Å². The summed E-state index contributed by atoms with van der Waals surface area (Å²) in [5, 5.41) is 0. The maximum Gasteiger partial charge on any atom is 0.330 e. The lowest BCUT2D eigenvalue weighted by Gasteiger charge is -2.34. The van der Waals surface area contributed by atoms with Gasteiger partial charge in [0.2, 0.25) is 0 Å². The lowest BCUT2D eigenvalue weighted by Crippen LogP contribution is -2.47. The smallest absolute Gasteiger partial charge is 0.330 e. The first-order chi connectivity index (χ1) is 20.4. The molecule has 0 saturated carbocycles. The Morgan fingerprint density at radius 2 is 0.762 bits per heavy atom. The highest BCUT2D eigenvalue weighted by molar-refractivity contribution is 5.81. The van der Waals surface area contributed by atoms with Crippen molar-refractivity contribution >= 4 is 23.9 Å². The van der Waals surface area contributed by atoms with Gasteiger partial charge < -0.3 is 28.7 Å². The van der Waals surface area contributed by atoms with E-state index in [1.54, 1.807) is 0 Å². The first-order valence-electron chi connectivity index (χ1n) is 15.8. The third-order valence-electron chi connectivity index (χ3n) is 7.15. The number of ether oxygens (including phenoxy) is 4. The average molecular weight is 595 g/mol. The molecule has 0 bridgehead atoms. The van der Waals surface area contributed by atoms with E-state index in [9.17, 15) is 19.2 Å². The summed E-state index contributed by atoms with van der Waals surface area (Å²) < 4.78 is 20.6. The van der Waals surface area contributed by atoms with Crippen LogP contribution >= 0.6 is 0 Å². The van der Waals surface area contributed by atoms with Gasteiger partial charge in [0.1, 0.15) is 0 Å². The summed E-state index contributed by atoms with van der Waals surface area (Å²) >= 11 is 0. The molecule has 0 N–H and O–H groups in total. The van der Waals surface area contributed by atoms with Crippen LogP contribution < -0.4 is 0 Å². The van der Waals surface area contributed by atoms with Gasteiger partial charge in [-0.1, -0.05) is 64.5 Å². The van der Waals surface area contributed by atoms with Crippen molar-refractivity contribution in [2.24, 2.45) is 0 Å². The largest absolute Gasteiger partial charge is 0.466 e. The lowest BCUT2D eigenvalue weighted by molar-refractivity contribution is -0.145. The van der Waals surface area contributed by atoms with Gasteiger partial charge in [-0.3, -0.25) is 9.59 Å². The second kappa shape index (κ2) is 25.9. The molecule has 10 heteroatoms. The summed E-state index contributed by atoms with van der Waals surface area (Å²) in [7, 11) is 0. The van der Waals surface area contributed by atoms with E-state index in [4.69, 9.17) is 18.9 Å². The lowest BCUT2D eigenvalue weighted by atomic mass is 10.1. The Morgan fingerprint density at radius 1 is 0.476 bits per heavy atom. The number of carbonyl (C=O) groups is 4. The van der Waals surface area contributed by atoms with Crippen molar-refractivity contribution in [2.45, 2.75) is 89.9 Å². The fourth-order valence-electron chi connectivity index (χ4n) is 4.54. The van der Waals surface area contributed by atoms with Gasteiger partial charge in [-0.15, -0.1) is 0 Å². The molecular weight excluding hydrogens is 540 g/mol. The highest BCUT2D eigenvalue weighted by Gasteiger charge is 2.18.